The highest BCUT2D eigenvalue weighted by Gasteiger charge is 2.29. The van der Waals surface area contributed by atoms with Gasteiger partial charge in [0.15, 0.2) is 0 Å². The van der Waals surface area contributed by atoms with E-state index < -0.39 is 0 Å². The largest absolute Gasteiger partial charge is 0.341 e. The minimum Gasteiger partial charge on any atom is -0.341 e. The molecule has 2 unspecified atom stereocenters. The van der Waals surface area contributed by atoms with Crippen LogP contribution in [-0.4, -0.2) is 43.5 Å². The van der Waals surface area contributed by atoms with Crippen molar-refractivity contribution in [1.29, 1.82) is 0 Å². The fraction of sp³-hybridized carbons (Fsp3) is 0.750. The van der Waals surface area contributed by atoms with Gasteiger partial charge in [0, 0.05) is 26.1 Å². The monoisotopic (exact) mass is 314 g/mol. The number of amides is 1. The lowest BCUT2D eigenvalue weighted by molar-refractivity contribution is -0.131. The Morgan fingerprint density at radius 1 is 1.67 bits per heavy atom. The summed E-state index contributed by atoms with van der Waals surface area (Å²) >= 11 is 3.44. The van der Waals surface area contributed by atoms with Gasteiger partial charge in [0.05, 0.1) is 4.83 Å². The third-order valence-electron chi connectivity index (χ3n) is 3.47. The lowest BCUT2D eigenvalue weighted by Crippen LogP contribution is -2.43. The SMILES string of the molecule is CCC(Br)C(=O)N1CCCC(c2nncn2C)C1. The van der Waals surface area contributed by atoms with E-state index in [1.54, 1.807) is 6.33 Å². The molecule has 0 aliphatic carbocycles. The maximum atomic E-state index is 12.2. The average molecular weight is 315 g/mol. The van der Waals surface area contributed by atoms with Gasteiger partial charge in [-0.3, -0.25) is 4.79 Å². The van der Waals surface area contributed by atoms with E-state index in [1.165, 1.54) is 0 Å². The van der Waals surface area contributed by atoms with Crippen molar-refractivity contribution >= 4 is 21.8 Å². The Morgan fingerprint density at radius 2 is 2.44 bits per heavy atom. The number of carbonyl (C=O) groups excluding carboxylic acids is 1. The number of rotatable bonds is 3. The summed E-state index contributed by atoms with van der Waals surface area (Å²) in [6.07, 6.45) is 4.65. The summed E-state index contributed by atoms with van der Waals surface area (Å²) < 4.78 is 1.95. The molecule has 1 amide bonds. The Balaban J connectivity index is 2.05. The first kappa shape index (κ1) is 13.5. The van der Waals surface area contributed by atoms with Crippen LogP contribution >= 0.6 is 15.9 Å². The molecular weight excluding hydrogens is 296 g/mol. The standard InChI is InChI=1S/C12H19BrN4O/c1-3-10(13)12(18)17-6-4-5-9(7-17)11-15-14-8-16(11)2/h8-10H,3-7H2,1-2H3. The van der Waals surface area contributed by atoms with Crippen molar-refractivity contribution in [3.05, 3.63) is 12.2 Å². The quantitative estimate of drug-likeness (QED) is 0.798. The fourth-order valence-corrected chi connectivity index (χ4v) is 2.71. The molecule has 2 heterocycles. The van der Waals surface area contributed by atoms with Crippen LogP contribution in [0, 0.1) is 0 Å². The molecule has 2 atom stereocenters. The highest BCUT2D eigenvalue weighted by Crippen LogP contribution is 2.26. The van der Waals surface area contributed by atoms with Crippen molar-refractivity contribution in [2.75, 3.05) is 13.1 Å². The van der Waals surface area contributed by atoms with Crippen molar-refractivity contribution in [1.82, 2.24) is 19.7 Å². The van der Waals surface area contributed by atoms with E-state index >= 15 is 0 Å². The number of hydrogen-bond acceptors (Lipinski definition) is 3. The maximum absolute atomic E-state index is 12.2. The number of alkyl halides is 1. The second-order valence-electron chi connectivity index (χ2n) is 4.80. The van der Waals surface area contributed by atoms with Crippen LogP contribution < -0.4 is 0 Å². The van der Waals surface area contributed by atoms with Gasteiger partial charge >= 0.3 is 0 Å². The summed E-state index contributed by atoms with van der Waals surface area (Å²) in [5.41, 5.74) is 0. The van der Waals surface area contributed by atoms with E-state index in [0.29, 0.717) is 5.92 Å². The summed E-state index contributed by atoms with van der Waals surface area (Å²) in [5.74, 6) is 1.49. The van der Waals surface area contributed by atoms with Crippen LogP contribution in [0.5, 0.6) is 0 Å². The Hall–Kier alpha value is -0.910. The number of aromatic nitrogens is 3. The Labute approximate surface area is 116 Å². The van der Waals surface area contributed by atoms with Crippen molar-refractivity contribution in [3.63, 3.8) is 0 Å². The first-order valence-electron chi connectivity index (χ1n) is 6.40. The molecule has 1 aliphatic heterocycles. The van der Waals surface area contributed by atoms with Crippen LogP contribution in [-0.2, 0) is 11.8 Å². The molecule has 0 radical (unpaired) electrons. The molecule has 18 heavy (non-hydrogen) atoms. The minimum atomic E-state index is -0.0595. The summed E-state index contributed by atoms with van der Waals surface area (Å²) in [6.45, 7) is 3.63. The Morgan fingerprint density at radius 3 is 3.06 bits per heavy atom. The zero-order chi connectivity index (χ0) is 13.1. The van der Waals surface area contributed by atoms with Gasteiger partial charge in [-0.1, -0.05) is 22.9 Å². The highest BCUT2D eigenvalue weighted by atomic mass is 79.9. The second kappa shape index (κ2) is 5.82. The zero-order valence-corrected chi connectivity index (χ0v) is 12.4. The van der Waals surface area contributed by atoms with Crippen LogP contribution in [0.1, 0.15) is 37.9 Å². The number of likely N-dealkylation sites (tertiary alicyclic amines) is 1. The zero-order valence-electron chi connectivity index (χ0n) is 10.8. The molecule has 0 saturated carbocycles. The molecule has 0 N–H and O–H groups in total. The first-order chi connectivity index (χ1) is 8.63. The number of hydrogen-bond donors (Lipinski definition) is 0. The van der Waals surface area contributed by atoms with Gasteiger partial charge in [0.2, 0.25) is 5.91 Å². The van der Waals surface area contributed by atoms with Gasteiger partial charge in [-0.2, -0.15) is 0 Å². The van der Waals surface area contributed by atoms with Gasteiger partial charge in [-0.15, -0.1) is 10.2 Å². The van der Waals surface area contributed by atoms with Gasteiger partial charge in [-0.25, -0.2) is 0 Å². The summed E-state index contributed by atoms with van der Waals surface area (Å²) in [4.78, 5) is 14.1. The Bertz CT molecular complexity index is 420. The predicted octanol–water partition coefficient (Wildman–Crippen LogP) is 1.69. The summed E-state index contributed by atoms with van der Waals surface area (Å²) in [5, 5.41) is 8.08. The Kier molecular flexibility index (Phi) is 4.37. The van der Waals surface area contributed by atoms with Crippen molar-refractivity contribution in [2.45, 2.75) is 36.9 Å². The molecule has 0 aromatic carbocycles. The molecule has 1 aromatic heterocycles. The second-order valence-corrected chi connectivity index (χ2v) is 5.90. The third kappa shape index (κ3) is 2.74. The van der Waals surface area contributed by atoms with E-state index in [1.807, 2.05) is 23.4 Å². The molecule has 100 valence electrons. The van der Waals surface area contributed by atoms with Crippen LogP contribution in [0.4, 0.5) is 0 Å². The normalized spacial score (nSPS) is 21.9. The van der Waals surface area contributed by atoms with E-state index in [9.17, 15) is 4.79 Å². The smallest absolute Gasteiger partial charge is 0.236 e. The molecule has 1 aromatic rings. The molecule has 6 heteroatoms. The summed E-state index contributed by atoms with van der Waals surface area (Å²) in [7, 11) is 1.95. The topological polar surface area (TPSA) is 51.0 Å². The van der Waals surface area contributed by atoms with Gasteiger partial charge in [-0.05, 0) is 19.3 Å². The van der Waals surface area contributed by atoms with E-state index in [4.69, 9.17) is 0 Å². The van der Waals surface area contributed by atoms with Crippen molar-refractivity contribution < 1.29 is 4.79 Å². The predicted molar refractivity (Wildman–Crippen MR) is 72.6 cm³/mol. The lowest BCUT2D eigenvalue weighted by atomic mass is 9.97. The number of piperidine rings is 1. The minimum absolute atomic E-state index is 0.0595. The average Bonchev–Trinajstić information content (AvgIpc) is 2.83. The molecule has 1 fully saturated rings. The number of halogens is 1. The van der Waals surface area contributed by atoms with Crippen molar-refractivity contribution in [2.24, 2.45) is 7.05 Å². The van der Waals surface area contributed by atoms with Crippen LogP contribution in [0.3, 0.4) is 0 Å². The summed E-state index contributed by atoms with van der Waals surface area (Å²) in [6, 6.07) is 0. The number of nitrogens with zero attached hydrogens (tertiary/aromatic N) is 4. The lowest BCUT2D eigenvalue weighted by Gasteiger charge is -2.33. The third-order valence-corrected chi connectivity index (χ3v) is 4.51. The molecule has 1 aliphatic rings. The molecule has 0 spiro atoms. The van der Waals surface area contributed by atoms with E-state index in [-0.39, 0.29) is 10.7 Å². The van der Waals surface area contributed by atoms with Crippen molar-refractivity contribution in [3.8, 4) is 0 Å². The van der Waals surface area contributed by atoms with Gasteiger partial charge in [0.1, 0.15) is 12.2 Å². The maximum Gasteiger partial charge on any atom is 0.236 e. The fourth-order valence-electron chi connectivity index (χ4n) is 2.42. The van der Waals surface area contributed by atoms with Gasteiger partial charge < -0.3 is 9.47 Å². The molecule has 2 rings (SSSR count). The van der Waals surface area contributed by atoms with Gasteiger partial charge in [0.25, 0.3) is 0 Å². The molecule has 1 saturated heterocycles. The molecule has 5 nitrogen and oxygen atoms in total. The van der Waals surface area contributed by atoms with Crippen LogP contribution in [0.15, 0.2) is 6.33 Å². The first-order valence-corrected chi connectivity index (χ1v) is 7.31. The highest BCUT2D eigenvalue weighted by molar-refractivity contribution is 9.10. The van der Waals surface area contributed by atoms with E-state index in [2.05, 4.69) is 26.1 Å². The molecular formula is C12H19BrN4O. The molecule has 0 bridgehead atoms. The number of aryl methyl sites for hydroxylation is 1. The van der Waals surface area contributed by atoms with Crippen LogP contribution in [0.25, 0.3) is 0 Å². The van der Waals surface area contributed by atoms with E-state index in [0.717, 1.165) is 38.2 Å². The number of carbonyl (C=O) groups is 1. The van der Waals surface area contributed by atoms with Crippen LogP contribution in [0.2, 0.25) is 0 Å².